The van der Waals surface area contributed by atoms with E-state index in [2.05, 4.69) is 5.32 Å². The molecule has 3 aromatic carbocycles. The second-order valence-electron chi connectivity index (χ2n) is 6.05. The molecule has 0 aromatic heterocycles. The number of ether oxygens (including phenoxy) is 2. The zero-order valence-corrected chi connectivity index (χ0v) is 17.8. The van der Waals surface area contributed by atoms with E-state index in [0.717, 1.165) is 5.56 Å². The van der Waals surface area contributed by atoms with E-state index in [1.807, 2.05) is 19.1 Å². The Morgan fingerprint density at radius 1 is 0.897 bits per heavy atom. The lowest BCUT2D eigenvalue weighted by atomic mass is 10.1. The first kappa shape index (κ1) is 21.3. The van der Waals surface area contributed by atoms with Crippen LogP contribution < -0.4 is 14.8 Å². The van der Waals surface area contributed by atoms with Crippen molar-refractivity contribution in [1.29, 1.82) is 0 Å². The van der Waals surface area contributed by atoms with E-state index in [-0.39, 0.29) is 12.5 Å². The summed E-state index contributed by atoms with van der Waals surface area (Å²) >= 11 is 18.2. The third-order valence-electron chi connectivity index (χ3n) is 4.02. The zero-order chi connectivity index (χ0) is 20.8. The normalized spacial score (nSPS) is 10.5. The van der Waals surface area contributed by atoms with Gasteiger partial charge in [-0.2, -0.15) is 0 Å². The van der Waals surface area contributed by atoms with Crippen molar-refractivity contribution in [3.8, 4) is 11.5 Å². The van der Waals surface area contributed by atoms with Crippen molar-refractivity contribution in [1.82, 2.24) is 0 Å². The molecule has 0 heterocycles. The Bertz CT molecular complexity index is 1020. The summed E-state index contributed by atoms with van der Waals surface area (Å²) in [5.74, 6) is 0.885. The van der Waals surface area contributed by atoms with Crippen LogP contribution >= 0.6 is 34.8 Å². The summed E-state index contributed by atoms with van der Waals surface area (Å²) in [5, 5.41) is 4.15. The van der Waals surface area contributed by atoms with E-state index in [0.29, 0.717) is 44.4 Å². The average molecular weight is 451 g/mol. The van der Waals surface area contributed by atoms with Crippen molar-refractivity contribution in [2.75, 3.05) is 11.9 Å². The molecule has 3 rings (SSSR count). The van der Waals surface area contributed by atoms with Gasteiger partial charge in [0, 0.05) is 16.1 Å². The molecule has 4 nitrogen and oxygen atoms in total. The third kappa shape index (κ3) is 5.57. The van der Waals surface area contributed by atoms with Crippen LogP contribution in [0.1, 0.15) is 22.8 Å². The van der Waals surface area contributed by atoms with Crippen LogP contribution in [0.25, 0.3) is 0 Å². The molecule has 0 aliphatic rings. The molecule has 1 N–H and O–H groups in total. The highest BCUT2D eigenvalue weighted by molar-refractivity contribution is 6.36. The summed E-state index contributed by atoms with van der Waals surface area (Å²) in [6, 6.07) is 17.2. The summed E-state index contributed by atoms with van der Waals surface area (Å²) < 4.78 is 11.5. The largest absolute Gasteiger partial charge is 0.493 e. The van der Waals surface area contributed by atoms with E-state index in [4.69, 9.17) is 44.3 Å². The fraction of sp³-hybridized carbons (Fsp3) is 0.136. The fourth-order valence-corrected chi connectivity index (χ4v) is 3.28. The summed E-state index contributed by atoms with van der Waals surface area (Å²) in [6.07, 6.45) is 0. The Kier molecular flexibility index (Phi) is 7.26. The Morgan fingerprint density at radius 2 is 1.69 bits per heavy atom. The Labute approximate surface area is 184 Å². The van der Waals surface area contributed by atoms with Crippen molar-refractivity contribution in [3.63, 3.8) is 0 Å². The molecule has 0 atom stereocenters. The number of nitrogens with one attached hydrogen (secondary N) is 1. The SMILES string of the molecule is CCOc1ccc(C(=O)Nc2ccc(Cl)cc2Cl)cc1COc1ccccc1Cl. The molecule has 29 heavy (non-hydrogen) atoms. The Balaban J connectivity index is 1.81. The first-order valence-corrected chi connectivity index (χ1v) is 10.0. The molecule has 7 heteroatoms. The van der Waals surface area contributed by atoms with E-state index in [1.54, 1.807) is 48.5 Å². The maximum Gasteiger partial charge on any atom is 0.255 e. The van der Waals surface area contributed by atoms with E-state index in [1.165, 1.54) is 0 Å². The number of carbonyl (C=O) groups is 1. The maximum absolute atomic E-state index is 12.7. The van der Waals surface area contributed by atoms with Gasteiger partial charge in [0.25, 0.3) is 5.91 Å². The molecule has 0 aliphatic carbocycles. The summed E-state index contributed by atoms with van der Waals surface area (Å²) in [4.78, 5) is 12.7. The van der Waals surface area contributed by atoms with Crippen LogP contribution in [0.15, 0.2) is 60.7 Å². The van der Waals surface area contributed by atoms with Crippen LogP contribution in [0.5, 0.6) is 11.5 Å². The lowest BCUT2D eigenvalue weighted by Gasteiger charge is -2.14. The zero-order valence-electron chi connectivity index (χ0n) is 15.5. The van der Waals surface area contributed by atoms with Crippen LogP contribution in [0.3, 0.4) is 0 Å². The van der Waals surface area contributed by atoms with Gasteiger partial charge in [-0.05, 0) is 55.5 Å². The van der Waals surface area contributed by atoms with Gasteiger partial charge in [0.05, 0.1) is 22.3 Å². The van der Waals surface area contributed by atoms with Gasteiger partial charge >= 0.3 is 0 Å². The van der Waals surface area contributed by atoms with Crippen LogP contribution in [0.4, 0.5) is 5.69 Å². The number of rotatable bonds is 7. The number of hydrogen-bond acceptors (Lipinski definition) is 3. The second kappa shape index (κ2) is 9.88. The highest BCUT2D eigenvalue weighted by atomic mass is 35.5. The molecule has 0 fully saturated rings. The van der Waals surface area contributed by atoms with Gasteiger partial charge in [-0.3, -0.25) is 4.79 Å². The number of halogens is 3. The molecule has 0 unspecified atom stereocenters. The van der Waals surface area contributed by atoms with Crippen molar-refractivity contribution < 1.29 is 14.3 Å². The number of carbonyl (C=O) groups excluding carboxylic acids is 1. The number of anilines is 1. The number of para-hydroxylation sites is 1. The average Bonchev–Trinajstić information content (AvgIpc) is 2.70. The van der Waals surface area contributed by atoms with Crippen LogP contribution in [-0.2, 0) is 6.61 Å². The number of benzene rings is 3. The number of hydrogen-bond donors (Lipinski definition) is 1. The monoisotopic (exact) mass is 449 g/mol. The molecule has 0 spiro atoms. The van der Waals surface area contributed by atoms with Crippen LogP contribution in [0.2, 0.25) is 15.1 Å². The molecular formula is C22H18Cl3NO3. The third-order valence-corrected chi connectivity index (χ3v) is 4.88. The standard InChI is InChI=1S/C22H18Cl3NO3/c1-2-28-20-10-7-14(22(27)26-19-9-8-16(23)12-18(19)25)11-15(20)13-29-21-6-4-3-5-17(21)24/h3-12H,2,13H2,1H3,(H,26,27). The molecule has 0 saturated heterocycles. The molecule has 0 aliphatic heterocycles. The van der Waals surface area contributed by atoms with Crippen LogP contribution in [0, 0.1) is 0 Å². The minimum absolute atomic E-state index is 0.196. The molecule has 0 saturated carbocycles. The van der Waals surface area contributed by atoms with Crippen molar-refractivity contribution >= 4 is 46.4 Å². The molecule has 150 valence electrons. The van der Waals surface area contributed by atoms with Gasteiger partial charge in [0.15, 0.2) is 0 Å². The first-order chi connectivity index (χ1) is 14.0. The van der Waals surface area contributed by atoms with Crippen LogP contribution in [-0.4, -0.2) is 12.5 Å². The summed E-state index contributed by atoms with van der Waals surface area (Å²) in [7, 11) is 0. The lowest BCUT2D eigenvalue weighted by Crippen LogP contribution is -2.13. The number of amides is 1. The van der Waals surface area contributed by atoms with Gasteiger partial charge in [-0.15, -0.1) is 0 Å². The minimum Gasteiger partial charge on any atom is -0.493 e. The lowest BCUT2D eigenvalue weighted by molar-refractivity contribution is 0.102. The van der Waals surface area contributed by atoms with Gasteiger partial charge in [0.2, 0.25) is 0 Å². The topological polar surface area (TPSA) is 47.6 Å². The van der Waals surface area contributed by atoms with Gasteiger partial charge in [-0.25, -0.2) is 0 Å². The van der Waals surface area contributed by atoms with E-state index < -0.39 is 0 Å². The summed E-state index contributed by atoms with van der Waals surface area (Å²) in [6.45, 7) is 2.58. The molecule has 3 aromatic rings. The quantitative estimate of drug-likeness (QED) is 0.427. The predicted molar refractivity (Wildman–Crippen MR) is 118 cm³/mol. The molecule has 0 bridgehead atoms. The molecule has 0 radical (unpaired) electrons. The van der Waals surface area contributed by atoms with E-state index >= 15 is 0 Å². The van der Waals surface area contributed by atoms with Gasteiger partial charge in [0.1, 0.15) is 18.1 Å². The maximum atomic E-state index is 12.7. The second-order valence-corrected chi connectivity index (χ2v) is 7.30. The van der Waals surface area contributed by atoms with Gasteiger partial charge < -0.3 is 14.8 Å². The highest BCUT2D eigenvalue weighted by Crippen LogP contribution is 2.28. The predicted octanol–water partition coefficient (Wildman–Crippen LogP) is 6.88. The Hall–Kier alpha value is -2.40. The minimum atomic E-state index is -0.309. The molecular weight excluding hydrogens is 433 g/mol. The fourth-order valence-electron chi connectivity index (χ4n) is 2.63. The van der Waals surface area contributed by atoms with Crippen molar-refractivity contribution in [2.45, 2.75) is 13.5 Å². The summed E-state index contributed by atoms with van der Waals surface area (Å²) in [5.41, 5.74) is 1.64. The molecule has 1 amide bonds. The van der Waals surface area contributed by atoms with E-state index in [9.17, 15) is 4.79 Å². The van der Waals surface area contributed by atoms with Crippen molar-refractivity contribution in [2.24, 2.45) is 0 Å². The first-order valence-electron chi connectivity index (χ1n) is 8.87. The van der Waals surface area contributed by atoms with Gasteiger partial charge in [-0.1, -0.05) is 46.9 Å². The Morgan fingerprint density at radius 3 is 2.41 bits per heavy atom. The van der Waals surface area contributed by atoms with Crippen molar-refractivity contribution in [3.05, 3.63) is 86.9 Å². The highest BCUT2D eigenvalue weighted by Gasteiger charge is 2.13. The smallest absolute Gasteiger partial charge is 0.255 e.